The number of carbonyl (C=O) groups is 2. The lowest BCUT2D eigenvalue weighted by Crippen LogP contribution is -2.29. The van der Waals surface area contributed by atoms with Gasteiger partial charge in [0.25, 0.3) is 18.1 Å². The van der Waals surface area contributed by atoms with Crippen molar-refractivity contribution in [2.45, 2.75) is 9.79 Å². The van der Waals surface area contributed by atoms with Crippen LogP contribution in [0, 0.1) is 11.5 Å². The van der Waals surface area contributed by atoms with Gasteiger partial charge in [0.1, 0.15) is 5.75 Å². The zero-order valence-corrected chi connectivity index (χ0v) is 12.6. The minimum absolute atomic E-state index is 0.330. The number of imide groups is 1. The molecule has 0 saturated carbocycles. The number of rotatable bonds is 4. The first kappa shape index (κ1) is 14.9. The number of anilines is 1. The van der Waals surface area contributed by atoms with Gasteiger partial charge in [-0.3, -0.25) is 9.59 Å². The van der Waals surface area contributed by atoms with Crippen LogP contribution in [-0.4, -0.2) is 11.8 Å². The van der Waals surface area contributed by atoms with E-state index >= 15 is 0 Å². The second-order valence-corrected chi connectivity index (χ2v) is 5.75. The summed E-state index contributed by atoms with van der Waals surface area (Å²) in [4.78, 5) is 26.3. The van der Waals surface area contributed by atoms with Crippen molar-refractivity contribution < 1.29 is 14.3 Å². The number of hydrogen-bond acceptors (Lipinski definition) is 5. The van der Waals surface area contributed by atoms with E-state index in [1.165, 1.54) is 23.9 Å². The molecule has 112 valence electrons. The maximum absolute atomic E-state index is 11.6. The van der Waals surface area contributed by atoms with Gasteiger partial charge in [0.15, 0.2) is 0 Å². The maximum atomic E-state index is 11.6. The molecule has 0 saturated heterocycles. The van der Waals surface area contributed by atoms with Crippen LogP contribution in [0.2, 0.25) is 0 Å². The third kappa shape index (κ3) is 3.25. The monoisotopic (exact) mass is 322 g/mol. The summed E-state index contributed by atoms with van der Waals surface area (Å²) in [5.74, 6) is -0.169. The lowest BCUT2D eigenvalue weighted by atomic mass is 10.3. The van der Waals surface area contributed by atoms with Gasteiger partial charge >= 0.3 is 0 Å². The molecule has 1 aliphatic heterocycles. The zero-order chi connectivity index (χ0) is 16.2. The van der Waals surface area contributed by atoms with Crippen LogP contribution in [0.5, 0.6) is 5.75 Å². The van der Waals surface area contributed by atoms with E-state index in [0.717, 1.165) is 14.7 Å². The maximum Gasteiger partial charge on any atom is 0.292 e. The first-order chi connectivity index (χ1) is 11.2. The highest BCUT2D eigenvalue weighted by atomic mass is 32.2. The minimum Gasteiger partial charge on any atom is -0.388 e. The summed E-state index contributed by atoms with van der Waals surface area (Å²) >= 11 is 1.52. The van der Waals surface area contributed by atoms with E-state index in [-0.39, 0.29) is 11.8 Å². The molecule has 2 amide bonds. The summed E-state index contributed by atoms with van der Waals surface area (Å²) in [7, 11) is 0. The molecule has 3 rings (SSSR count). The fourth-order valence-electron chi connectivity index (χ4n) is 2.08. The predicted octanol–water partition coefficient (Wildman–Crippen LogP) is 3.13. The Morgan fingerprint density at radius 3 is 1.91 bits per heavy atom. The van der Waals surface area contributed by atoms with E-state index in [1.54, 1.807) is 30.5 Å². The van der Waals surface area contributed by atoms with Crippen LogP contribution in [0.1, 0.15) is 0 Å². The van der Waals surface area contributed by atoms with Crippen molar-refractivity contribution >= 4 is 29.3 Å². The van der Waals surface area contributed by atoms with Gasteiger partial charge in [-0.15, -0.1) is 5.26 Å². The van der Waals surface area contributed by atoms with Crippen LogP contribution in [-0.2, 0) is 9.59 Å². The average Bonchev–Trinajstić information content (AvgIpc) is 2.89. The highest BCUT2D eigenvalue weighted by Gasteiger charge is 2.24. The first-order valence-electron chi connectivity index (χ1n) is 6.67. The Morgan fingerprint density at radius 1 is 0.870 bits per heavy atom. The van der Waals surface area contributed by atoms with Crippen LogP contribution in [0.3, 0.4) is 0 Å². The van der Waals surface area contributed by atoms with E-state index in [1.807, 2.05) is 24.3 Å². The fourth-order valence-corrected chi connectivity index (χ4v) is 2.90. The van der Waals surface area contributed by atoms with E-state index < -0.39 is 0 Å². The second kappa shape index (κ2) is 6.38. The van der Waals surface area contributed by atoms with Crippen molar-refractivity contribution in [3.05, 3.63) is 60.7 Å². The molecule has 0 N–H and O–H groups in total. The highest BCUT2D eigenvalue weighted by molar-refractivity contribution is 7.99. The number of hydrogen-bond donors (Lipinski definition) is 0. The van der Waals surface area contributed by atoms with Crippen molar-refractivity contribution in [3.8, 4) is 12.0 Å². The molecule has 0 radical (unpaired) electrons. The third-order valence-corrected chi connectivity index (χ3v) is 4.14. The van der Waals surface area contributed by atoms with Crippen LogP contribution in [0.15, 0.2) is 70.5 Å². The van der Waals surface area contributed by atoms with Crippen molar-refractivity contribution in [2.75, 3.05) is 4.90 Å². The molecule has 0 bridgehead atoms. The van der Waals surface area contributed by atoms with Crippen molar-refractivity contribution in [3.63, 3.8) is 0 Å². The average molecular weight is 322 g/mol. The zero-order valence-electron chi connectivity index (χ0n) is 11.8. The molecule has 5 nitrogen and oxygen atoms in total. The standard InChI is InChI=1S/C17H10N2O3S/c18-11-22-13-3-7-15(8-4-13)23-14-5-1-12(2-6-14)19-16(20)9-10-17(19)21/h1-10H. The lowest BCUT2D eigenvalue weighted by Gasteiger charge is -2.14. The largest absolute Gasteiger partial charge is 0.388 e. The normalized spacial score (nSPS) is 13.3. The summed E-state index contributed by atoms with van der Waals surface area (Å²) < 4.78 is 4.72. The Labute approximate surface area is 136 Å². The third-order valence-electron chi connectivity index (χ3n) is 3.13. The summed E-state index contributed by atoms with van der Waals surface area (Å²) in [6, 6.07) is 14.3. The smallest absolute Gasteiger partial charge is 0.292 e. The quantitative estimate of drug-likeness (QED) is 0.639. The van der Waals surface area contributed by atoms with Crippen LogP contribution >= 0.6 is 11.8 Å². The molecule has 0 unspecified atom stereocenters. The number of nitriles is 1. The first-order valence-corrected chi connectivity index (χ1v) is 7.49. The van der Waals surface area contributed by atoms with Gasteiger partial charge in [-0.05, 0) is 48.5 Å². The van der Waals surface area contributed by atoms with E-state index in [0.29, 0.717) is 11.4 Å². The molecule has 2 aromatic carbocycles. The molecule has 1 aliphatic rings. The number of carbonyl (C=O) groups excluding carboxylic acids is 2. The molecule has 0 fully saturated rings. The Kier molecular flexibility index (Phi) is 4.13. The Morgan fingerprint density at radius 2 is 1.39 bits per heavy atom. The van der Waals surface area contributed by atoms with Crippen molar-refractivity contribution in [1.82, 2.24) is 0 Å². The van der Waals surface area contributed by atoms with E-state index in [2.05, 4.69) is 0 Å². The predicted molar refractivity (Wildman–Crippen MR) is 84.9 cm³/mol. The molecule has 1 heterocycles. The van der Waals surface area contributed by atoms with Gasteiger partial charge in [0.2, 0.25) is 0 Å². The summed E-state index contributed by atoms with van der Waals surface area (Å²) in [6.07, 6.45) is 4.14. The van der Waals surface area contributed by atoms with Crippen molar-refractivity contribution in [2.24, 2.45) is 0 Å². The number of benzene rings is 2. The summed E-state index contributed by atoms with van der Waals surface area (Å²) in [5.41, 5.74) is 0.548. The van der Waals surface area contributed by atoms with Gasteiger partial charge in [-0.25, -0.2) is 4.90 Å². The van der Waals surface area contributed by atoms with Gasteiger partial charge in [0.05, 0.1) is 5.69 Å². The van der Waals surface area contributed by atoms with Crippen LogP contribution in [0.4, 0.5) is 5.69 Å². The van der Waals surface area contributed by atoms with Gasteiger partial charge in [-0.1, -0.05) is 11.8 Å². The number of nitrogens with zero attached hydrogens (tertiary/aromatic N) is 2. The Hall–Kier alpha value is -3.04. The molecule has 0 aliphatic carbocycles. The molecule has 23 heavy (non-hydrogen) atoms. The van der Waals surface area contributed by atoms with E-state index in [9.17, 15) is 9.59 Å². The van der Waals surface area contributed by atoms with Crippen LogP contribution < -0.4 is 9.64 Å². The van der Waals surface area contributed by atoms with Gasteiger partial charge in [-0.2, -0.15) is 0 Å². The molecule has 0 atom stereocenters. The van der Waals surface area contributed by atoms with Crippen molar-refractivity contribution in [1.29, 1.82) is 5.26 Å². The Bertz CT molecular complexity index is 802. The van der Waals surface area contributed by atoms with E-state index in [4.69, 9.17) is 10.00 Å². The van der Waals surface area contributed by atoms with Crippen LogP contribution in [0.25, 0.3) is 0 Å². The molecule has 0 aromatic heterocycles. The lowest BCUT2D eigenvalue weighted by molar-refractivity contribution is -0.119. The number of amides is 2. The highest BCUT2D eigenvalue weighted by Crippen LogP contribution is 2.31. The topological polar surface area (TPSA) is 70.4 Å². The van der Waals surface area contributed by atoms with Gasteiger partial charge in [0, 0.05) is 21.9 Å². The summed E-state index contributed by atoms with van der Waals surface area (Å²) in [6.45, 7) is 0. The SMILES string of the molecule is N#COc1ccc(Sc2ccc(N3C(=O)C=CC3=O)cc2)cc1. The van der Waals surface area contributed by atoms with Gasteiger partial charge < -0.3 is 4.74 Å². The fraction of sp³-hybridized carbons (Fsp3) is 0. The molecule has 0 spiro atoms. The molecule has 2 aromatic rings. The molecular weight excluding hydrogens is 312 g/mol. The Balaban J connectivity index is 1.71. The number of ether oxygens (including phenoxy) is 1. The minimum atomic E-state index is -0.330. The molecular formula is C17H10N2O3S. The second-order valence-electron chi connectivity index (χ2n) is 4.61. The summed E-state index contributed by atoms with van der Waals surface area (Å²) in [5, 5.41) is 8.44. The molecule has 6 heteroatoms.